The minimum atomic E-state index is 0.871. The Morgan fingerprint density at radius 3 is 2.06 bits per heavy atom. The summed E-state index contributed by atoms with van der Waals surface area (Å²) in [6.07, 6.45) is 9.58. The maximum absolute atomic E-state index is 5.14. The summed E-state index contributed by atoms with van der Waals surface area (Å²) in [4.78, 5) is 2.53. The number of hydrogen-bond donors (Lipinski definition) is 0. The summed E-state index contributed by atoms with van der Waals surface area (Å²) in [5.41, 5.74) is 0. The maximum atomic E-state index is 5.14. The van der Waals surface area contributed by atoms with Gasteiger partial charge in [0.25, 0.3) is 0 Å². The Hall–Kier alpha value is -0.0800. The monoisotopic (exact) mass is 229 g/mol. The summed E-state index contributed by atoms with van der Waals surface area (Å²) in [5.74, 6) is 0. The SMILES string of the molecule is CCCCCCCCN(CCC)CCOC. The molecule has 0 amide bonds. The largest absolute Gasteiger partial charge is 0.383 e. The van der Waals surface area contributed by atoms with Crippen LogP contribution in [-0.2, 0) is 4.74 Å². The number of nitrogens with zero attached hydrogens (tertiary/aromatic N) is 1. The zero-order valence-corrected chi connectivity index (χ0v) is 11.6. The van der Waals surface area contributed by atoms with Crippen molar-refractivity contribution in [2.24, 2.45) is 0 Å². The van der Waals surface area contributed by atoms with E-state index in [4.69, 9.17) is 4.74 Å². The number of ether oxygens (including phenoxy) is 1. The van der Waals surface area contributed by atoms with Crippen LogP contribution in [-0.4, -0.2) is 38.3 Å². The second-order valence-electron chi connectivity index (χ2n) is 4.60. The highest BCUT2D eigenvalue weighted by molar-refractivity contribution is 4.57. The van der Waals surface area contributed by atoms with E-state index in [1.807, 2.05) is 0 Å². The van der Waals surface area contributed by atoms with Gasteiger partial charge < -0.3 is 9.64 Å². The Labute approximate surface area is 102 Å². The lowest BCUT2D eigenvalue weighted by Crippen LogP contribution is -2.29. The number of unbranched alkanes of at least 4 members (excludes halogenated alkanes) is 5. The van der Waals surface area contributed by atoms with Crippen LogP contribution in [0, 0.1) is 0 Å². The molecule has 0 aliphatic rings. The van der Waals surface area contributed by atoms with Gasteiger partial charge in [0.1, 0.15) is 0 Å². The van der Waals surface area contributed by atoms with Gasteiger partial charge in [-0.3, -0.25) is 0 Å². The van der Waals surface area contributed by atoms with E-state index < -0.39 is 0 Å². The van der Waals surface area contributed by atoms with E-state index in [2.05, 4.69) is 18.7 Å². The predicted molar refractivity (Wildman–Crippen MR) is 72.0 cm³/mol. The van der Waals surface area contributed by atoms with Gasteiger partial charge in [0, 0.05) is 13.7 Å². The maximum Gasteiger partial charge on any atom is 0.0589 e. The van der Waals surface area contributed by atoms with Gasteiger partial charge in [0.2, 0.25) is 0 Å². The van der Waals surface area contributed by atoms with Crippen LogP contribution < -0.4 is 0 Å². The van der Waals surface area contributed by atoms with E-state index >= 15 is 0 Å². The number of hydrogen-bond acceptors (Lipinski definition) is 2. The summed E-state index contributed by atoms with van der Waals surface area (Å²) in [7, 11) is 1.79. The van der Waals surface area contributed by atoms with Crippen LogP contribution in [0.4, 0.5) is 0 Å². The van der Waals surface area contributed by atoms with Crippen LogP contribution in [0.2, 0.25) is 0 Å². The molecule has 0 saturated heterocycles. The molecule has 98 valence electrons. The van der Waals surface area contributed by atoms with Crippen molar-refractivity contribution in [2.45, 2.75) is 58.8 Å². The Morgan fingerprint density at radius 2 is 1.44 bits per heavy atom. The Kier molecular flexibility index (Phi) is 12.9. The lowest BCUT2D eigenvalue weighted by Gasteiger charge is -2.21. The van der Waals surface area contributed by atoms with Crippen molar-refractivity contribution in [3.8, 4) is 0 Å². The Bertz CT molecular complexity index is 128. The highest BCUT2D eigenvalue weighted by atomic mass is 16.5. The van der Waals surface area contributed by atoms with E-state index in [1.165, 1.54) is 58.0 Å². The second-order valence-corrected chi connectivity index (χ2v) is 4.60. The predicted octanol–water partition coefficient (Wildman–Crippen LogP) is 3.71. The standard InChI is InChI=1S/C14H31NO/c1-4-6-7-8-9-10-12-15(11-5-2)13-14-16-3/h4-14H2,1-3H3. The van der Waals surface area contributed by atoms with Crippen molar-refractivity contribution >= 4 is 0 Å². The van der Waals surface area contributed by atoms with Gasteiger partial charge in [-0.15, -0.1) is 0 Å². The molecule has 0 rings (SSSR count). The quantitative estimate of drug-likeness (QED) is 0.473. The molecule has 0 heterocycles. The fourth-order valence-corrected chi connectivity index (χ4v) is 1.99. The number of methoxy groups -OCH3 is 1. The molecule has 0 aliphatic carbocycles. The van der Waals surface area contributed by atoms with Crippen molar-refractivity contribution in [1.82, 2.24) is 4.90 Å². The van der Waals surface area contributed by atoms with Crippen molar-refractivity contribution in [3.63, 3.8) is 0 Å². The average Bonchev–Trinajstić information content (AvgIpc) is 2.30. The highest BCUT2D eigenvalue weighted by Crippen LogP contribution is 2.06. The molecule has 0 aliphatic heterocycles. The zero-order chi connectivity index (χ0) is 12.1. The summed E-state index contributed by atoms with van der Waals surface area (Å²) < 4.78 is 5.14. The average molecular weight is 229 g/mol. The molecular formula is C14H31NO. The van der Waals surface area contributed by atoms with E-state index in [1.54, 1.807) is 7.11 Å². The second kappa shape index (κ2) is 13.0. The molecule has 0 radical (unpaired) electrons. The third kappa shape index (κ3) is 10.4. The van der Waals surface area contributed by atoms with E-state index in [0.717, 1.165) is 13.2 Å². The smallest absolute Gasteiger partial charge is 0.0589 e. The molecule has 0 unspecified atom stereocenters. The molecule has 0 aromatic heterocycles. The van der Waals surface area contributed by atoms with Crippen molar-refractivity contribution in [3.05, 3.63) is 0 Å². The Balaban J connectivity index is 3.36. The summed E-state index contributed by atoms with van der Waals surface area (Å²) in [6.45, 7) is 8.96. The van der Waals surface area contributed by atoms with Crippen LogP contribution in [0.3, 0.4) is 0 Å². The normalized spacial score (nSPS) is 11.2. The van der Waals surface area contributed by atoms with Crippen LogP contribution in [0.1, 0.15) is 58.8 Å². The first-order chi connectivity index (χ1) is 7.85. The van der Waals surface area contributed by atoms with Crippen molar-refractivity contribution in [1.29, 1.82) is 0 Å². The van der Waals surface area contributed by atoms with Gasteiger partial charge in [-0.2, -0.15) is 0 Å². The molecule has 0 atom stereocenters. The van der Waals surface area contributed by atoms with Gasteiger partial charge in [0.05, 0.1) is 6.61 Å². The minimum Gasteiger partial charge on any atom is -0.383 e. The first-order valence-corrected chi connectivity index (χ1v) is 7.06. The summed E-state index contributed by atoms with van der Waals surface area (Å²) >= 11 is 0. The van der Waals surface area contributed by atoms with Crippen LogP contribution in [0.15, 0.2) is 0 Å². The summed E-state index contributed by atoms with van der Waals surface area (Å²) in [6, 6.07) is 0. The molecule has 0 aromatic carbocycles. The molecule has 2 heteroatoms. The topological polar surface area (TPSA) is 12.5 Å². The van der Waals surface area contributed by atoms with Gasteiger partial charge in [-0.05, 0) is 25.9 Å². The lowest BCUT2D eigenvalue weighted by atomic mass is 10.1. The van der Waals surface area contributed by atoms with E-state index in [-0.39, 0.29) is 0 Å². The highest BCUT2D eigenvalue weighted by Gasteiger charge is 2.02. The van der Waals surface area contributed by atoms with Gasteiger partial charge in [-0.25, -0.2) is 0 Å². The molecule has 0 aromatic rings. The molecule has 0 fully saturated rings. The van der Waals surface area contributed by atoms with Gasteiger partial charge >= 0.3 is 0 Å². The van der Waals surface area contributed by atoms with E-state index in [0.29, 0.717) is 0 Å². The fraction of sp³-hybridized carbons (Fsp3) is 1.00. The van der Waals surface area contributed by atoms with Gasteiger partial charge in [0.15, 0.2) is 0 Å². The number of rotatable bonds is 12. The third-order valence-electron chi connectivity index (χ3n) is 2.98. The van der Waals surface area contributed by atoms with Crippen molar-refractivity contribution in [2.75, 3.05) is 33.4 Å². The summed E-state index contributed by atoms with van der Waals surface area (Å²) in [5, 5.41) is 0. The molecule has 16 heavy (non-hydrogen) atoms. The van der Waals surface area contributed by atoms with Gasteiger partial charge in [-0.1, -0.05) is 46.0 Å². The molecule has 0 bridgehead atoms. The zero-order valence-electron chi connectivity index (χ0n) is 11.6. The van der Waals surface area contributed by atoms with Crippen LogP contribution in [0.5, 0.6) is 0 Å². The molecule has 0 saturated carbocycles. The molecule has 0 N–H and O–H groups in total. The lowest BCUT2D eigenvalue weighted by molar-refractivity contribution is 0.146. The fourth-order valence-electron chi connectivity index (χ4n) is 1.99. The minimum absolute atomic E-state index is 0.871. The molecule has 2 nitrogen and oxygen atoms in total. The molecular weight excluding hydrogens is 198 g/mol. The van der Waals surface area contributed by atoms with Crippen molar-refractivity contribution < 1.29 is 4.74 Å². The Morgan fingerprint density at radius 1 is 0.750 bits per heavy atom. The first-order valence-electron chi connectivity index (χ1n) is 7.06. The first kappa shape index (κ1) is 15.9. The van der Waals surface area contributed by atoms with Crippen LogP contribution in [0.25, 0.3) is 0 Å². The third-order valence-corrected chi connectivity index (χ3v) is 2.98. The van der Waals surface area contributed by atoms with E-state index in [9.17, 15) is 0 Å². The molecule has 0 spiro atoms. The van der Waals surface area contributed by atoms with Crippen LogP contribution >= 0.6 is 0 Å².